The molecule has 0 amide bonds. The van der Waals surface area contributed by atoms with Gasteiger partial charge in [0.15, 0.2) is 5.96 Å². The average Bonchev–Trinajstić information content (AvgIpc) is 2.60. The maximum absolute atomic E-state index is 5.98. The maximum Gasteiger partial charge on any atom is 0.193 e. The number of guanidine groups is 1. The zero-order chi connectivity index (χ0) is 17.5. The Labute approximate surface area is 142 Å². The van der Waals surface area contributed by atoms with Crippen LogP contribution in [0, 0.1) is 0 Å². The molecule has 2 aromatic rings. The highest BCUT2D eigenvalue weighted by Gasteiger charge is 2.06. The summed E-state index contributed by atoms with van der Waals surface area (Å²) in [6.07, 6.45) is 1.76. The van der Waals surface area contributed by atoms with Gasteiger partial charge in [0.25, 0.3) is 0 Å². The number of nitrogens with zero attached hydrogens (tertiary/aromatic N) is 3. The Morgan fingerprint density at radius 3 is 2.67 bits per heavy atom. The second kappa shape index (κ2) is 8.05. The zero-order valence-corrected chi connectivity index (χ0v) is 14.4. The Bertz CT molecular complexity index is 716. The summed E-state index contributed by atoms with van der Waals surface area (Å²) in [5.74, 6) is 2.54. The third-order valence-corrected chi connectivity index (χ3v) is 3.37. The topological polar surface area (TPSA) is 85.0 Å². The molecule has 1 aromatic heterocycles. The number of ether oxygens (including phenoxy) is 2. The molecule has 0 fully saturated rings. The molecular weight excluding hydrogens is 306 g/mol. The summed E-state index contributed by atoms with van der Waals surface area (Å²) < 4.78 is 10.5. The summed E-state index contributed by atoms with van der Waals surface area (Å²) in [7, 11) is 7.09. The van der Waals surface area contributed by atoms with Gasteiger partial charge in [0.1, 0.15) is 17.3 Å². The van der Waals surface area contributed by atoms with E-state index in [1.54, 1.807) is 32.5 Å². The van der Waals surface area contributed by atoms with Gasteiger partial charge < -0.3 is 25.4 Å². The molecule has 0 unspecified atom stereocenters. The van der Waals surface area contributed by atoms with Gasteiger partial charge in [0.05, 0.1) is 26.5 Å². The van der Waals surface area contributed by atoms with E-state index < -0.39 is 0 Å². The molecule has 0 aliphatic heterocycles. The first-order chi connectivity index (χ1) is 11.5. The smallest absolute Gasteiger partial charge is 0.193 e. The molecule has 7 nitrogen and oxygen atoms in total. The van der Waals surface area contributed by atoms with Crippen molar-refractivity contribution in [2.45, 2.75) is 6.54 Å². The zero-order valence-electron chi connectivity index (χ0n) is 14.4. The molecule has 0 saturated heterocycles. The molecule has 2 rings (SSSR count). The van der Waals surface area contributed by atoms with E-state index >= 15 is 0 Å². The first-order valence-electron chi connectivity index (χ1n) is 7.44. The molecule has 128 valence electrons. The fourth-order valence-electron chi connectivity index (χ4n) is 2.07. The molecule has 0 atom stereocenters. The van der Waals surface area contributed by atoms with Crippen LogP contribution in [-0.2, 0) is 6.54 Å². The van der Waals surface area contributed by atoms with Gasteiger partial charge >= 0.3 is 0 Å². The van der Waals surface area contributed by atoms with E-state index in [0.29, 0.717) is 29.7 Å². The van der Waals surface area contributed by atoms with Crippen molar-refractivity contribution in [2.75, 3.05) is 38.5 Å². The number of pyridine rings is 1. The summed E-state index contributed by atoms with van der Waals surface area (Å²) in [6, 6.07) is 9.31. The molecule has 24 heavy (non-hydrogen) atoms. The lowest BCUT2D eigenvalue weighted by atomic mass is 10.2. The van der Waals surface area contributed by atoms with Crippen LogP contribution in [-0.4, -0.2) is 39.3 Å². The van der Waals surface area contributed by atoms with Crippen LogP contribution < -0.4 is 25.4 Å². The molecule has 0 aliphatic rings. The third-order valence-electron chi connectivity index (χ3n) is 3.37. The van der Waals surface area contributed by atoms with Crippen molar-refractivity contribution in [2.24, 2.45) is 10.7 Å². The predicted octanol–water partition coefficient (Wildman–Crippen LogP) is 2.09. The van der Waals surface area contributed by atoms with Gasteiger partial charge in [-0.15, -0.1) is 0 Å². The van der Waals surface area contributed by atoms with Crippen LogP contribution in [0.3, 0.4) is 0 Å². The number of hydrogen-bond donors (Lipinski definition) is 2. The number of nitrogens with one attached hydrogen (secondary N) is 1. The number of rotatable bonds is 6. The van der Waals surface area contributed by atoms with Gasteiger partial charge in [0.2, 0.25) is 0 Å². The quantitative estimate of drug-likeness (QED) is 0.623. The lowest BCUT2D eigenvalue weighted by Gasteiger charge is -2.13. The van der Waals surface area contributed by atoms with Crippen LogP contribution in [0.25, 0.3) is 0 Å². The highest BCUT2D eigenvalue weighted by molar-refractivity contribution is 5.94. The number of methoxy groups -OCH3 is 2. The van der Waals surface area contributed by atoms with E-state index in [4.69, 9.17) is 15.2 Å². The fraction of sp³-hybridized carbons (Fsp3) is 0.294. The van der Waals surface area contributed by atoms with E-state index in [1.807, 2.05) is 37.2 Å². The molecule has 1 aromatic carbocycles. The lowest BCUT2D eigenvalue weighted by Crippen LogP contribution is -2.23. The number of nitrogens with two attached hydrogens (primary N) is 1. The molecule has 0 bridgehead atoms. The first-order valence-corrected chi connectivity index (χ1v) is 7.44. The van der Waals surface area contributed by atoms with E-state index in [-0.39, 0.29) is 0 Å². The summed E-state index contributed by atoms with van der Waals surface area (Å²) in [5, 5.41) is 3.04. The molecule has 3 N–H and O–H groups in total. The standard InChI is InChI=1S/C17H23N5O2/c1-22(2)16-9-12(7-8-19-16)11-20-17(18)21-14-10-13(23-3)5-6-15(14)24-4/h5-10H,11H2,1-4H3,(H3,18,20,21). The average molecular weight is 329 g/mol. The minimum Gasteiger partial charge on any atom is -0.497 e. The Balaban J connectivity index is 2.10. The number of hydrogen-bond acceptors (Lipinski definition) is 5. The molecule has 0 radical (unpaired) electrons. The first kappa shape index (κ1) is 17.4. The minimum absolute atomic E-state index is 0.296. The Hall–Kier alpha value is -2.96. The Morgan fingerprint density at radius 1 is 1.21 bits per heavy atom. The Morgan fingerprint density at radius 2 is 2.00 bits per heavy atom. The van der Waals surface area contributed by atoms with Gasteiger partial charge in [-0.05, 0) is 29.8 Å². The van der Waals surface area contributed by atoms with Crippen LogP contribution in [0.4, 0.5) is 11.5 Å². The van der Waals surface area contributed by atoms with Crippen molar-refractivity contribution in [1.82, 2.24) is 4.98 Å². The van der Waals surface area contributed by atoms with Crippen molar-refractivity contribution in [1.29, 1.82) is 0 Å². The highest BCUT2D eigenvalue weighted by atomic mass is 16.5. The van der Waals surface area contributed by atoms with E-state index in [0.717, 1.165) is 11.4 Å². The lowest BCUT2D eigenvalue weighted by molar-refractivity contribution is 0.405. The van der Waals surface area contributed by atoms with E-state index in [9.17, 15) is 0 Å². The number of aliphatic imine (C=N–C) groups is 1. The van der Waals surface area contributed by atoms with Crippen molar-refractivity contribution in [3.8, 4) is 11.5 Å². The van der Waals surface area contributed by atoms with Crippen molar-refractivity contribution < 1.29 is 9.47 Å². The molecule has 1 heterocycles. The Kier molecular flexibility index (Phi) is 5.83. The van der Waals surface area contributed by atoms with Crippen LogP contribution >= 0.6 is 0 Å². The van der Waals surface area contributed by atoms with E-state index in [2.05, 4.69) is 15.3 Å². The second-order valence-corrected chi connectivity index (χ2v) is 5.31. The SMILES string of the molecule is COc1ccc(OC)c(NC(N)=NCc2ccnc(N(C)C)c2)c1. The summed E-state index contributed by atoms with van der Waals surface area (Å²) in [4.78, 5) is 10.6. The maximum atomic E-state index is 5.98. The minimum atomic E-state index is 0.296. The summed E-state index contributed by atoms with van der Waals surface area (Å²) in [6.45, 7) is 0.453. The van der Waals surface area contributed by atoms with Crippen LogP contribution in [0.1, 0.15) is 5.56 Å². The summed E-state index contributed by atoms with van der Waals surface area (Å²) >= 11 is 0. The number of benzene rings is 1. The number of anilines is 2. The van der Waals surface area contributed by atoms with Crippen LogP contribution in [0.15, 0.2) is 41.5 Å². The van der Waals surface area contributed by atoms with Gasteiger partial charge in [-0.3, -0.25) is 0 Å². The van der Waals surface area contributed by atoms with Crippen molar-refractivity contribution in [3.63, 3.8) is 0 Å². The summed E-state index contributed by atoms with van der Waals surface area (Å²) in [5.41, 5.74) is 7.70. The van der Waals surface area contributed by atoms with Crippen molar-refractivity contribution >= 4 is 17.5 Å². The van der Waals surface area contributed by atoms with E-state index in [1.165, 1.54) is 0 Å². The van der Waals surface area contributed by atoms with Crippen LogP contribution in [0.5, 0.6) is 11.5 Å². The van der Waals surface area contributed by atoms with Crippen LogP contribution in [0.2, 0.25) is 0 Å². The molecule has 7 heteroatoms. The van der Waals surface area contributed by atoms with Gasteiger partial charge in [0, 0.05) is 26.4 Å². The third kappa shape index (κ3) is 4.52. The second-order valence-electron chi connectivity index (χ2n) is 5.31. The fourth-order valence-corrected chi connectivity index (χ4v) is 2.07. The number of aromatic nitrogens is 1. The molecule has 0 aliphatic carbocycles. The molecule has 0 spiro atoms. The van der Waals surface area contributed by atoms with Gasteiger partial charge in [-0.25, -0.2) is 9.98 Å². The van der Waals surface area contributed by atoms with Gasteiger partial charge in [-0.1, -0.05) is 0 Å². The van der Waals surface area contributed by atoms with Crippen molar-refractivity contribution in [3.05, 3.63) is 42.1 Å². The highest BCUT2D eigenvalue weighted by Crippen LogP contribution is 2.28. The van der Waals surface area contributed by atoms with Gasteiger partial charge in [-0.2, -0.15) is 0 Å². The normalized spacial score (nSPS) is 11.1. The largest absolute Gasteiger partial charge is 0.497 e. The molecule has 0 saturated carbocycles. The predicted molar refractivity (Wildman–Crippen MR) is 97.1 cm³/mol. The molecular formula is C17H23N5O2. The monoisotopic (exact) mass is 329 g/mol.